The first-order valence-electron chi connectivity index (χ1n) is 6.29. The SMILES string of the molecule is CCOC(=O)/C=C1/CC(C(F)(F)F)=NN1c1ccccc1. The van der Waals surface area contributed by atoms with Crippen molar-refractivity contribution in [3.8, 4) is 0 Å². The summed E-state index contributed by atoms with van der Waals surface area (Å²) in [6, 6.07) is 8.32. The molecule has 7 heteroatoms. The highest BCUT2D eigenvalue weighted by Crippen LogP contribution is 2.33. The van der Waals surface area contributed by atoms with Gasteiger partial charge in [-0.2, -0.15) is 18.3 Å². The number of carbonyl (C=O) groups excluding carboxylic acids is 1. The average Bonchev–Trinajstić information content (AvgIpc) is 2.84. The Morgan fingerprint density at radius 2 is 2.05 bits per heavy atom. The fourth-order valence-corrected chi connectivity index (χ4v) is 1.85. The zero-order valence-corrected chi connectivity index (χ0v) is 11.2. The van der Waals surface area contributed by atoms with Gasteiger partial charge in [0.1, 0.15) is 5.71 Å². The van der Waals surface area contributed by atoms with Crippen molar-refractivity contribution in [1.82, 2.24) is 0 Å². The van der Waals surface area contributed by atoms with Crippen LogP contribution in [0.2, 0.25) is 0 Å². The number of alkyl halides is 3. The number of rotatable bonds is 3. The van der Waals surface area contributed by atoms with E-state index >= 15 is 0 Å². The molecule has 0 unspecified atom stereocenters. The van der Waals surface area contributed by atoms with Crippen LogP contribution in [0, 0.1) is 0 Å². The molecule has 4 nitrogen and oxygen atoms in total. The van der Waals surface area contributed by atoms with Crippen LogP contribution < -0.4 is 5.01 Å². The van der Waals surface area contributed by atoms with E-state index in [1.165, 1.54) is 0 Å². The fourth-order valence-electron chi connectivity index (χ4n) is 1.85. The first-order chi connectivity index (χ1) is 9.91. The minimum atomic E-state index is -4.53. The number of benzene rings is 1. The van der Waals surface area contributed by atoms with Crippen molar-refractivity contribution < 1.29 is 22.7 Å². The zero-order valence-electron chi connectivity index (χ0n) is 11.2. The normalized spacial score (nSPS) is 17.0. The molecular weight excluding hydrogens is 285 g/mol. The standard InChI is InChI=1S/C14H13F3N2O2/c1-2-21-13(20)9-11-8-12(14(15,16)17)18-19(11)10-6-4-3-5-7-10/h3-7,9H,2,8H2,1H3/b11-9-. The van der Waals surface area contributed by atoms with Crippen LogP contribution in [-0.4, -0.2) is 24.5 Å². The predicted molar refractivity (Wildman–Crippen MR) is 71.7 cm³/mol. The first kappa shape index (κ1) is 15.1. The Kier molecular flexibility index (Phi) is 4.30. The average molecular weight is 298 g/mol. The molecule has 0 saturated heterocycles. The molecule has 1 aliphatic rings. The van der Waals surface area contributed by atoms with E-state index in [1.807, 2.05) is 0 Å². The maximum atomic E-state index is 12.8. The van der Waals surface area contributed by atoms with Crippen LogP contribution in [0.1, 0.15) is 13.3 Å². The molecule has 0 aliphatic carbocycles. The lowest BCUT2D eigenvalue weighted by atomic mass is 10.2. The lowest BCUT2D eigenvalue weighted by Gasteiger charge is -2.15. The van der Waals surface area contributed by atoms with E-state index in [9.17, 15) is 18.0 Å². The number of allylic oxidation sites excluding steroid dienone is 1. The van der Waals surface area contributed by atoms with Crippen molar-refractivity contribution in [3.05, 3.63) is 42.1 Å². The van der Waals surface area contributed by atoms with Crippen LogP contribution in [0.15, 0.2) is 47.2 Å². The van der Waals surface area contributed by atoms with Crippen molar-refractivity contribution in [2.75, 3.05) is 11.6 Å². The molecule has 112 valence electrons. The molecule has 1 aromatic carbocycles. The molecule has 0 N–H and O–H groups in total. The Labute approximate surface area is 119 Å². The third-order valence-corrected chi connectivity index (χ3v) is 2.74. The van der Waals surface area contributed by atoms with Crippen molar-refractivity contribution in [2.45, 2.75) is 19.5 Å². The Morgan fingerprint density at radius 1 is 1.38 bits per heavy atom. The minimum Gasteiger partial charge on any atom is -0.463 e. The van der Waals surface area contributed by atoms with E-state index in [4.69, 9.17) is 4.74 Å². The molecule has 0 aromatic heterocycles. The third kappa shape index (κ3) is 3.62. The number of anilines is 1. The summed E-state index contributed by atoms with van der Waals surface area (Å²) in [5, 5.41) is 4.68. The number of ether oxygens (including phenoxy) is 1. The number of halogens is 3. The molecule has 0 atom stereocenters. The van der Waals surface area contributed by atoms with Crippen molar-refractivity contribution in [3.63, 3.8) is 0 Å². The van der Waals surface area contributed by atoms with Gasteiger partial charge in [0.25, 0.3) is 0 Å². The third-order valence-electron chi connectivity index (χ3n) is 2.74. The minimum absolute atomic E-state index is 0.131. The van der Waals surface area contributed by atoms with E-state index in [0.717, 1.165) is 11.1 Å². The fraction of sp³-hybridized carbons (Fsp3) is 0.286. The smallest absolute Gasteiger partial charge is 0.431 e. The predicted octanol–water partition coefficient (Wildman–Crippen LogP) is 3.26. The Hall–Kier alpha value is -2.31. The molecule has 0 radical (unpaired) electrons. The van der Waals surface area contributed by atoms with Crippen LogP contribution >= 0.6 is 0 Å². The van der Waals surface area contributed by atoms with Crippen molar-refractivity contribution in [2.24, 2.45) is 5.10 Å². The van der Waals surface area contributed by atoms with E-state index in [-0.39, 0.29) is 12.3 Å². The van der Waals surface area contributed by atoms with Gasteiger partial charge in [0.2, 0.25) is 0 Å². The van der Waals surface area contributed by atoms with Gasteiger partial charge in [0, 0.05) is 12.5 Å². The number of esters is 1. The van der Waals surface area contributed by atoms with Crippen LogP contribution in [-0.2, 0) is 9.53 Å². The summed E-state index contributed by atoms with van der Waals surface area (Å²) >= 11 is 0. The zero-order chi connectivity index (χ0) is 15.5. The second-order valence-electron chi connectivity index (χ2n) is 4.26. The summed E-state index contributed by atoms with van der Waals surface area (Å²) in [5.41, 5.74) is -0.360. The van der Waals surface area contributed by atoms with Gasteiger partial charge in [-0.05, 0) is 19.1 Å². The molecule has 1 aliphatic heterocycles. The van der Waals surface area contributed by atoms with E-state index in [1.54, 1.807) is 37.3 Å². The highest BCUT2D eigenvalue weighted by atomic mass is 19.4. The van der Waals surface area contributed by atoms with Crippen molar-refractivity contribution >= 4 is 17.4 Å². The number of hydrogen-bond acceptors (Lipinski definition) is 4. The van der Waals surface area contributed by atoms with Crippen molar-refractivity contribution in [1.29, 1.82) is 0 Å². The second kappa shape index (κ2) is 5.99. The molecule has 2 rings (SSSR count). The summed E-state index contributed by atoms with van der Waals surface area (Å²) in [6.45, 7) is 1.78. The molecule has 21 heavy (non-hydrogen) atoms. The number of nitrogens with zero attached hydrogens (tertiary/aromatic N) is 2. The Morgan fingerprint density at radius 3 is 2.62 bits per heavy atom. The number of hydrazone groups is 1. The first-order valence-corrected chi connectivity index (χ1v) is 6.29. The number of carbonyl (C=O) groups is 1. The highest BCUT2D eigenvalue weighted by molar-refractivity contribution is 5.97. The molecule has 0 amide bonds. The molecule has 1 aromatic rings. The largest absolute Gasteiger partial charge is 0.463 e. The molecule has 0 fully saturated rings. The maximum absolute atomic E-state index is 12.8. The number of hydrogen-bond donors (Lipinski definition) is 0. The van der Waals surface area contributed by atoms with E-state index in [0.29, 0.717) is 5.69 Å². The lowest BCUT2D eigenvalue weighted by Crippen LogP contribution is -2.20. The molecule has 0 spiro atoms. The van der Waals surface area contributed by atoms with Gasteiger partial charge in [-0.1, -0.05) is 18.2 Å². The summed E-state index contributed by atoms with van der Waals surface area (Å²) in [4.78, 5) is 11.5. The lowest BCUT2D eigenvalue weighted by molar-refractivity contribution is -0.137. The van der Waals surface area contributed by atoms with Gasteiger partial charge in [0.05, 0.1) is 18.0 Å². The number of para-hydroxylation sites is 1. The Bertz CT molecular complexity index is 580. The Balaban J connectivity index is 2.35. The van der Waals surface area contributed by atoms with Gasteiger partial charge >= 0.3 is 12.1 Å². The van der Waals surface area contributed by atoms with Gasteiger partial charge in [-0.3, -0.25) is 0 Å². The van der Waals surface area contributed by atoms with Gasteiger partial charge in [-0.15, -0.1) is 0 Å². The van der Waals surface area contributed by atoms with Crippen LogP contribution in [0.25, 0.3) is 0 Å². The summed E-state index contributed by atoms with van der Waals surface area (Å²) in [5.74, 6) is -0.688. The molecule has 0 bridgehead atoms. The summed E-state index contributed by atoms with van der Waals surface area (Å²) in [7, 11) is 0. The molecular formula is C14H13F3N2O2. The van der Waals surface area contributed by atoms with Gasteiger partial charge in [-0.25, -0.2) is 9.80 Å². The molecule has 1 heterocycles. The van der Waals surface area contributed by atoms with Crippen LogP contribution in [0.4, 0.5) is 18.9 Å². The van der Waals surface area contributed by atoms with E-state index < -0.39 is 24.3 Å². The monoisotopic (exact) mass is 298 g/mol. The van der Waals surface area contributed by atoms with Crippen LogP contribution in [0.5, 0.6) is 0 Å². The van der Waals surface area contributed by atoms with E-state index in [2.05, 4.69) is 5.10 Å². The van der Waals surface area contributed by atoms with Gasteiger partial charge < -0.3 is 4.74 Å². The summed E-state index contributed by atoms with van der Waals surface area (Å²) < 4.78 is 43.2. The van der Waals surface area contributed by atoms with Crippen LogP contribution in [0.3, 0.4) is 0 Å². The quantitative estimate of drug-likeness (QED) is 0.635. The maximum Gasteiger partial charge on any atom is 0.431 e. The summed E-state index contributed by atoms with van der Waals surface area (Å²) in [6.07, 6.45) is -3.95. The van der Waals surface area contributed by atoms with Gasteiger partial charge in [0.15, 0.2) is 0 Å². The second-order valence-corrected chi connectivity index (χ2v) is 4.26. The highest BCUT2D eigenvalue weighted by Gasteiger charge is 2.41. The molecule has 0 saturated carbocycles. The topological polar surface area (TPSA) is 41.9 Å².